The second-order valence-electron chi connectivity index (χ2n) is 18.2. The predicted octanol–water partition coefficient (Wildman–Crippen LogP) is 14.5. The molecule has 0 saturated heterocycles. The van der Waals surface area contributed by atoms with E-state index in [-0.39, 0.29) is 25.6 Å². The highest BCUT2D eigenvalue weighted by molar-refractivity contribution is 7.47. The summed E-state index contributed by atoms with van der Waals surface area (Å²) in [6.45, 7) is 4.46. The molecule has 0 radical (unpaired) electrons. The van der Waals surface area contributed by atoms with Crippen molar-refractivity contribution in [2.45, 2.75) is 245 Å². The zero-order valence-electron chi connectivity index (χ0n) is 39.5. The Balaban J connectivity index is 4.25. The molecule has 0 aliphatic carbocycles. The highest BCUT2D eigenvalue weighted by Gasteiger charge is 2.27. The van der Waals surface area contributed by atoms with Crippen molar-refractivity contribution in [1.82, 2.24) is 0 Å². The number of hydrogen-bond acceptors (Lipinski definition) is 7. The Morgan fingerprint density at radius 2 is 0.864 bits per heavy atom. The number of likely N-dealkylation sites (N-methyl/N-ethyl adjacent to an activating group) is 1. The summed E-state index contributed by atoms with van der Waals surface area (Å²) in [7, 11) is 1.49. The fourth-order valence-corrected chi connectivity index (χ4v) is 7.87. The molecule has 350 valence electrons. The van der Waals surface area contributed by atoms with Gasteiger partial charge in [0.25, 0.3) is 0 Å². The molecule has 0 amide bonds. The van der Waals surface area contributed by atoms with Crippen LogP contribution in [0.2, 0.25) is 0 Å². The molecule has 0 aliphatic rings. The van der Waals surface area contributed by atoms with Crippen LogP contribution in [0.4, 0.5) is 0 Å². The largest absolute Gasteiger partial charge is 0.472 e. The second kappa shape index (κ2) is 42.1. The number of carbonyl (C=O) groups is 2. The molecular formula is C49H97NO8P+. The van der Waals surface area contributed by atoms with Gasteiger partial charge in [-0.3, -0.25) is 18.6 Å². The highest BCUT2D eigenvalue weighted by Crippen LogP contribution is 2.43. The van der Waals surface area contributed by atoms with Crippen LogP contribution in [0, 0.1) is 0 Å². The monoisotopic (exact) mass is 859 g/mol. The van der Waals surface area contributed by atoms with Gasteiger partial charge in [-0.15, -0.1) is 0 Å². The van der Waals surface area contributed by atoms with E-state index in [4.69, 9.17) is 18.5 Å². The number of allylic oxidation sites excluding steroid dienone is 2. The molecule has 0 aromatic heterocycles. The van der Waals surface area contributed by atoms with Gasteiger partial charge in [0.1, 0.15) is 19.8 Å². The van der Waals surface area contributed by atoms with Crippen molar-refractivity contribution in [2.75, 3.05) is 47.5 Å². The fourth-order valence-electron chi connectivity index (χ4n) is 7.13. The quantitative estimate of drug-likeness (QED) is 0.0212. The minimum atomic E-state index is -4.37. The Bertz CT molecular complexity index is 1020. The van der Waals surface area contributed by atoms with E-state index >= 15 is 0 Å². The summed E-state index contributed by atoms with van der Waals surface area (Å²) in [6.07, 6.45) is 45.4. The van der Waals surface area contributed by atoms with Gasteiger partial charge in [0.2, 0.25) is 0 Å². The lowest BCUT2D eigenvalue weighted by Crippen LogP contribution is -2.37. The number of unbranched alkanes of at least 4 members (excludes halogenated alkanes) is 30. The first-order valence-electron chi connectivity index (χ1n) is 24.9. The lowest BCUT2D eigenvalue weighted by Gasteiger charge is -2.24. The van der Waals surface area contributed by atoms with Gasteiger partial charge in [0.05, 0.1) is 27.7 Å². The van der Waals surface area contributed by atoms with E-state index in [1.54, 1.807) is 0 Å². The molecule has 0 aromatic rings. The number of phosphoric acid groups is 1. The van der Waals surface area contributed by atoms with Crippen LogP contribution in [0.25, 0.3) is 0 Å². The van der Waals surface area contributed by atoms with E-state index in [9.17, 15) is 19.0 Å². The first-order valence-corrected chi connectivity index (χ1v) is 26.4. The van der Waals surface area contributed by atoms with Crippen molar-refractivity contribution in [1.29, 1.82) is 0 Å². The van der Waals surface area contributed by atoms with Gasteiger partial charge in [-0.1, -0.05) is 199 Å². The third-order valence-electron chi connectivity index (χ3n) is 11.0. The van der Waals surface area contributed by atoms with E-state index in [2.05, 4.69) is 26.0 Å². The van der Waals surface area contributed by atoms with Gasteiger partial charge in [-0.05, 0) is 38.5 Å². The minimum Gasteiger partial charge on any atom is -0.462 e. The highest BCUT2D eigenvalue weighted by atomic mass is 31.2. The van der Waals surface area contributed by atoms with Crippen LogP contribution in [0.15, 0.2) is 12.2 Å². The normalized spacial score (nSPS) is 13.5. The van der Waals surface area contributed by atoms with Crippen molar-refractivity contribution in [3.8, 4) is 0 Å². The van der Waals surface area contributed by atoms with Crippen molar-refractivity contribution in [2.24, 2.45) is 0 Å². The maximum absolute atomic E-state index is 12.7. The van der Waals surface area contributed by atoms with Gasteiger partial charge in [0, 0.05) is 12.8 Å². The van der Waals surface area contributed by atoms with E-state index in [0.29, 0.717) is 23.9 Å². The van der Waals surface area contributed by atoms with Gasteiger partial charge in [0.15, 0.2) is 6.10 Å². The molecule has 0 rings (SSSR count). The SMILES string of the molecule is CCCCCCCCC/C=C\CCCCCCCCCC(=O)OC(COC(=O)CCCCCCCCCCCCCCCCCCC)COP(=O)(O)OCC[N+](C)(C)C. The molecule has 0 saturated carbocycles. The Kier molecular flexibility index (Phi) is 41.2. The van der Waals surface area contributed by atoms with Crippen LogP contribution in [-0.4, -0.2) is 74.9 Å². The Hall–Kier alpha value is -1.25. The lowest BCUT2D eigenvalue weighted by atomic mass is 10.0. The van der Waals surface area contributed by atoms with Gasteiger partial charge < -0.3 is 18.9 Å². The summed E-state index contributed by atoms with van der Waals surface area (Å²) in [5.74, 6) is -0.789. The predicted molar refractivity (Wildman–Crippen MR) is 248 cm³/mol. The molecule has 10 heteroatoms. The van der Waals surface area contributed by atoms with Crippen molar-refractivity contribution in [3.05, 3.63) is 12.2 Å². The number of rotatable bonds is 46. The lowest BCUT2D eigenvalue weighted by molar-refractivity contribution is -0.870. The van der Waals surface area contributed by atoms with Gasteiger partial charge in [-0.2, -0.15) is 0 Å². The molecule has 0 aliphatic heterocycles. The Labute approximate surface area is 365 Å². The minimum absolute atomic E-state index is 0.0342. The number of hydrogen-bond donors (Lipinski definition) is 1. The van der Waals surface area contributed by atoms with E-state index in [1.165, 1.54) is 161 Å². The van der Waals surface area contributed by atoms with Crippen molar-refractivity contribution >= 4 is 19.8 Å². The molecule has 1 N–H and O–H groups in total. The average Bonchev–Trinajstić information content (AvgIpc) is 3.19. The number of quaternary nitrogens is 1. The van der Waals surface area contributed by atoms with Crippen LogP contribution < -0.4 is 0 Å². The molecule has 0 fully saturated rings. The van der Waals surface area contributed by atoms with Crippen LogP contribution in [0.3, 0.4) is 0 Å². The molecule has 0 bridgehead atoms. The maximum atomic E-state index is 12.7. The smallest absolute Gasteiger partial charge is 0.462 e. The van der Waals surface area contributed by atoms with Gasteiger partial charge in [-0.25, -0.2) is 4.57 Å². The summed E-state index contributed by atoms with van der Waals surface area (Å²) < 4.78 is 34.4. The summed E-state index contributed by atoms with van der Waals surface area (Å²) in [5, 5.41) is 0. The third-order valence-corrected chi connectivity index (χ3v) is 12.0. The maximum Gasteiger partial charge on any atom is 0.472 e. The molecule has 59 heavy (non-hydrogen) atoms. The third kappa shape index (κ3) is 46.1. The van der Waals surface area contributed by atoms with Crippen LogP contribution in [-0.2, 0) is 32.7 Å². The van der Waals surface area contributed by atoms with Crippen LogP contribution in [0.1, 0.15) is 239 Å². The van der Waals surface area contributed by atoms with E-state index in [1.807, 2.05) is 21.1 Å². The molecule has 2 unspecified atom stereocenters. The van der Waals surface area contributed by atoms with E-state index in [0.717, 1.165) is 44.9 Å². The first kappa shape index (κ1) is 57.8. The first-order chi connectivity index (χ1) is 28.5. The molecule has 2 atom stereocenters. The topological polar surface area (TPSA) is 108 Å². The van der Waals surface area contributed by atoms with Crippen LogP contribution >= 0.6 is 7.82 Å². The molecular weight excluding hydrogens is 762 g/mol. The zero-order chi connectivity index (χ0) is 43.6. The molecule has 0 aromatic carbocycles. The standard InChI is InChI=1S/C49H96NO8P/c1-6-8-10-12-14-16-18-20-22-24-26-28-30-32-34-36-38-40-42-49(52)58-47(46-57-59(53,54)56-44-43-50(3,4)5)45-55-48(51)41-39-37-35-33-31-29-27-25-23-21-19-17-15-13-11-9-7-2/h22,24,47H,6-21,23,25-46H2,1-5H3/p+1/b24-22-. The number of ether oxygens (including phenoxy) is 2. The summed E-state index contributed by atoms with van der Waals surface area (Å²) in [5.41, 5.74) is 0. The Morgan fingerprint density at radius 1 is 0.508 bits per heavy atom. The summed E-state index contributed by atoms with van der Waals surface area (Å²) in [6, 6.07) is 0. The van der Waals surface area contributed by atoms with Crippen molar-refractivity contribution < 1.29 is 42.1 Å². The number of carbonyl (C=O) groups excluding carboxylic acids is 2. The van der Waals surface area contributed by atoms with Crippen molar-refractivity contribution in [3.63, 3.8) is 0 Å². The van der Waals surface area contributed by atoms with E-state index < -0.39 is 26.5 Å². The molecule has 9 nitrogen and oxygen atoms in total. The fraction of sp³-hybridized carbons (Fsp3) is 0.918. The zero-order valence-corrected chi connectivity index (χ0v) is 40.4. The van der Waals surface area contributed by atoms with Crippen LogP contribution in [0.5, 0.6) is 0 Å². The number of esters is 2. The molecule has 0 spiro atoms. The number of nitrogens with zero attached hydrogens (tertiary/aromatic N) is 1. The second-order valence-corrected chi connectivity index (χ2v) is 19.7. The summed E-state index contributed by atoms with van der Waals surface area (Å²) >= 11 is 0. The average molecular weight is 859 g/mol. The Morgan fingerprint density at radius 3 is 1.25 bits per heavy atom. The van der Waals surface area contributed by atoms with Gasteiger partial charge >= 0.3 is 19.8 Å². The number of phosphoric ester groups is 1. The molecule has 0 heterocycles. The summed E-state index contributed by atoms with van der Waals surface area (Å²) in [4.78, 5) is 35.5.